The van der Waals surface area contributed by atoms with Crippen molar-refractivity contribution < 1.29 is 18.9 Å². The second-order valence-electron chi connectivity index (χ2n) is 13.9. The minimum atomic E-state index is -0.387. The molecule has 2 atom stereocenters. The molecule has 0 aliphatic heterocycles. The third kappa shape index (κ3) is 11.7. The molecule has 0 aliphatic rings. The molecule has 232 valence electrons. The third-order valence-corrected chi connectivity index (χ3v) is 8.43. The van der Waals surface area contributed by atoms with Gasteiger partial charge in [-0.3, -0.25) is 0 Å². The summed E-state index contributed by atoms with van der Waals surface area (Å²) >= 11 is 4.79. The molecule has 5 heteroatoms. The molecule has 2 unspecified atom stereocenters. The second-order valence-corrected chi connectivity index (χ2v) is 14.9. The number of hydrogen-bond acceptors (Lipinski definition) is 5. The summed E-state index contributed by atoms with van der Waals surface area (Å²) in [7, 11) is 0. The molecule has 0 N–H and O–H groups in total. The summed E-state index contributed by atoms with van der Waals surface area (Å²) in [5.41, 5.74) is 4.54. The molecule has 0 aromatic heterocycles. The van der Waals surface area contributed by atoms with E-state index in [4.69, 9.17) is 31.6 Å². The van der Waals surface area contributed by atoms with E-state index in [1.807, 2.05) is 20.8 Å². The van der Waals surface area contributed by atoms with Crippen LogP contribution in [0.25, 0.3) is 0 Å². The Kier molecular flexibility index (Phi) is 13.4. The molecule has 0 saturated heterocycles. The number of thiol groups is 1. The molecule has 0 amide bonds. The van der Waals surface area contributed by atoms with Crippen molar-refractivity contribution in [2.45, 2.75) is 117 Å². The van der Waals surface area contributed by atoms with E-state index in [0.29, 0.717) is 13.2 Å². The SMILES string of the molecule is CCOCC(C)(C)CCOC(C)c1ccc(C(C)(C)c2ccc(C(C)(C)OCCC(C)(S)COC(C)C)cc2)cc1. The van der Waals surface area contributed by atoms with Gasteiger partial charge in [0.1, 0.15) is 0 Å². The molecule has 0 bridgehead atoms. The molecule has 2 aromatic rings. The zero-order valence-corrected chi connectivity index (χ0v) is 28.7. The maximum absolute atomic E-state index is 6.35. The minimum Gasteiger partial charge on any atom is -0.381 e. The third-order valence-electron chi connectivity index (χ3n) is 8.08. The molecule has 0 fully saturated rings. The normalized spacial score (nSPS) is 15.2. The van der Waals surface area contributed by atoms with Crippen LogP contribution in [0.4, 0.5) is 0 Å². The van der Waals surface area contributed by atoms with Crippen molar-refractivity contribution in [2.75, 3.05) is 33.0 Å². The second kappa shape index (κ2) is 15.4. The first-order chi connectivity index (χ1) is 19.0. The summed E-state index contributed by atoms with van der Waals surface area (Å²) in [6, 6.07) is 17.8. The van der Waals surface area contributed by atoms with Gasteiger partial charge in [-0.15, -0.1) is 0 Å². The van der Waals surface area contributed by atoms with Gasteiger partial charge in [0.15, 0.2) is 0 Å². The van der Waals surface area contributed by atoms with Gasteiger partial charge in [0.25, 0.3) is 0 Å². The van der Waals surface area contributed by atoms with Crippen molar-refractivity contribution in [3.05, 3.63) is 70.8 Å². The molecule has 0 heterocycles. The van der Waals surface area contributed by atoms with Crippen LogP contribution in [0.3, 0.4) is 0 Å². The van der Waals surface area contributed by atoms with Crippen LogP contribution in [-0.4, -0.2) is 43.9 Å². The van der Waals surface area contributed by atoms with Gasteiger partial charge in [0.05, 0.1) is 31.0 Å². The van der Waals surface area contributed by atoms with Crippen LogP contribution < -0.4 is 0 Å². The van der Waals surface area contributed by atoms with Crippen LogP contribution in [0.1, 0.15) is 117 Å². The molecule has 0 saturated carbocycles. The summed E-state index contributed by atoms with van der Waals surface area (Å²) < 4.78 is 23.7. The van der Waals surface area contributed by atoms with Crippen LogP contribution in [0, 0.1) is 5.41 Å². The number of ether oxygens (including phenoxy) is 4. The fourth-order valence-corrected chi connectivity index (χ4v) is 4.88. The predicted octanol–water partition coefficient (Wildman–Crippen LogP) is 9.30. The first-order valence-corrected chi connectivity index (χ1v) is 15.8. The first kappa shape index (κ1) is 35.8. The Morgan fingerprint density at radius 2 is 1.22 bits per heavy atom. The summed E-state index contributed by atoms with van der Waals surface area (Å²) in [4.78, 5) is 0. The Bertz CT molecular complexity index is 1020. The maximum atomic E-state index is 6.35. The average molecular weight is 587 g/mol. The Hall–Kier alpha value is -1.37. The van der Waals surface area contributed by atoms with Gasteiger partial charge in [-0.2, -0.15) is 12.6 Å². The largest absolute Gasteiger partial charge is 0.381 e. The van der Waals surface area contributed by atoms with Crippen molar-refractivity contribution in [1.29, 1.82) is 0 Å². The van der Waals surface area contributed by atoms with E-state index >= 15 is 0 Å². The highest BCUT2D eigenvalue weighted by Gasteiger charge is 2.27. The van der Waals surface area contributed by atoms with Gasteiger partial charge < -0.3 is 18.9 Å². The van der Waals surface area contributed by atoms with Gasteiger partial charge in [0, 0.05) is 30.0 Å². The van der Waals surface area contributed by atoms with Crippen LogP contribution in [-0.2, 0) is 30.0 Å². The fraction of sp³-hybridized carbons (Fsp3) is 0.667. The van der Waals surface area contributed by atoms with Crippen LogP contribution in [0.2, 0.25) is 0 Å². The lowest BCUT2D eigenvalue weighted by molar-refractivity contribution is -0.0303. The Morgan fingerprint density at radius 1 is 0.683 bits per heavy atom. The molecule has 2 aromatic carbocycles. The molecular formula is C36H58O4S. The molecular weight excluding hydrogens is 528 g/mol. The summed E-state index contributed by atoms with van der Waals surface area (Å²) in [5.74, 6) is 0. The Morgan fingerprint density at radius 3 is 1.76 bits per heavy atom. The highest BCUT2D eigenvalue weighted by atomic mass is 32.1. The highest BCUT2D eigenvalue weighted by molar-refractivity contribution is 7.81. The van der Waals surface area contributed by atoms with Crippen LogP contribution in [0.5, 0.6) is 0 Å². The number of benzene rings is 2. The Labute approximate surface area is 257 Å². The van der Waals surface area contributed by atoms with E-state index in [2.05, 4.69) is 104 Å². The summed E-state index contributed by atoms with van der Waals surface area (Å²) in [6.45, 7) is 27.2. The monoisotopic (exact) mass is 586 g/mol. The number of rotatable bonds is 18. The van der Waals surface area contributed by atoms with E-state index < -0.39 is 0 Å². The van der Waals surface area contributed by atoms with Gasteiger partial charge >= 0.3 is 0 Å². The van der Waals surface area contributed by atoms with Gasteiger partial charge in [-0.1, -0.05) is 76.2 Å². The lowest BCUT2D eigenvalue weighted by atomic mass is 9.77. The molecule has 0 radical (unpaired) electrons. The van der Waals surface area contributed by atoms with E-state index in [0.717, 1.165) is 32.7 Å². The number of hydrogen-bond donors (Lipinski definition) is 1. The maximum Gasteiger partial charge on any atom is 0.0875 e. The van der Waals surface area contributed by atoms with Crippen molar-refractivity contribution in [2.24, 2.45) is 5.41 Å². The molecule has 0 spiro atoms. The Balaban J connectivity index is 1.97. The van der Waals surface area contributed by atoms with E-state index in [1.54, 1.807) is 0 Å². The van der Waals surface area contributed by atoms with Crippen LogP contribution >= 0.6 is 12.6 Å². The highest BCUT2D eigenvalue weighted by Crippen LogP contribution is 2.35. The smallest absolute Gasteiger partial charge is 0.0875 e. The first-order valence-electron chi connectivity index (χ1n) is 15.4. The zero-order valence-electron chi connectivity index (χ0n) is 27.8. The molecule has 2 rings (SSSR count). The van der Waals surface area contributed by atoms with Gasteiger partial charge in [-0.25, -0.2) is 0 Å². The topological polar surface area (TPSA) is 36.9 Å². The zero-order chi connectivity index (χ0) is 30.9. The standard InChI is InChI=1S/C36H58O4S/c1-12-37-25-33(5,6)21-23-38-28(4)29-13-15-30(16-14-29)34(7,8)31-17-19-32(20-18-31)35(9,10)40-24-22-36(11,41)26-39-27(2)3/h13-20,27-28,41H,12,21-26H2,1-11H3. The lowest BCUT2D eigenvalue weighted by Gasteiger charge is -2.31. The fourth-order valence-electron chi connectivity index (χ4n) is 4.71. The van der Waals surface area contributed by atoms with Crippen molar-refractivity contribution >= 4 is 12.6 Å². The predicted molar refractivity (Wildman–Crippen MR) is 176 cm³/mol. The summed E-state index contributed by atoms with van der Waals surface area (Å²) in [6.07, 6.45) is 2.06. The molecule has 41 heavy (non-hydrogen) atoms. The average Bonchev–Trinajstić information content (AvgIpc) is 2.90. The quantitative estimate of drug-likeness (QED) is 0.177. The van der Waals surface area contributed by atoms with Crippen molar-refractivity contribution in [1.82, 2.24) is 0 Å². The van der Waals surface area contributed by atoms with E-state index in [9.17, 15) is 0 Å². The van der Waals surface area contributed by atoms with Gasteiger partial charge in [-0.05, 0) is 89.0 Å². The van der Waals surface area contributed by atoms with Crippen molar-refractivity contribution in [3.8, 4) is 0 Å². The summed E-state index contributed by atoms with van der Waals surface area (Å²) in [5, 5.41) is 0. The van der Waals surface area contributed by atoms with Gasteiger partial charge in [0.2, 0.25) is 0 Å². The van der Waals surface area contributed by atoms with E-state index in [1.165, 1.54) is 22.3 Å². The molecule has 0 aliphatic carbocycles. The minimum absolute atomic E-state index is 0.0553. The molecule has 4 nitrogen and oxygen atoms in total. The van der Waals surface area contributed by atoms with E-state index in [-0.39, 0.29) is 33.4 Å². The lowest BCUT2D eigenvalue weighted by Crippen LogP contribution is -2.30. The van der Waals surface area contributed by atoms with Crippen molar-refractivity contribution in [3.63, 3.8) is 0 Å². The van der Waals surface area contributed by atoms with Crippen LogP contribution in [0.15, 0.2) is 48.5 Å².